The Morgan fingerprint density at radius 1 is 1.09 bits per heavy atom. The molecule has 2 fully saturated rings. The monoisotopic (exact) mass is 610 g/mol. The van der Waals surface area contributed by atoms with Crippen LogP contribution in [-0.2, 0) is 19.8 Å². The molecule has 0 saturated heterocycles. The molecule has 44 heavy (non-hydrogen) atoms. The number of aromatic hydroxyl groups is 1. The number of hydrogen-bond acceptors (Lipinski definition) is 9. The summed E-state index contributed by atoms with van der Waals surface area (Å²) in [5.41, 5.74) is 1.87. The maximum absolute atomic E-state index is 14.2. The Labute approximate surface area is 258 Å². The Kier molecular flexibility index (Phi) is 8.27. The molecular formula is C34H46N2O8. The molecule has 0 radical (unpaired) electrons. The van der Waals surface area contributed by atoms with Crippen LogP contribution in [0.5, 0.6) is 5.75 Å². The van der Waals surface area contributed by atoms with Gasteiger partial charge in [-0.2, -0.15) is 0 Å². The Morgan fingerprint density at radius 3 is 2.32 bits per heavy atom. The summed E-state index contributed by atoms with van der Waals surface area (Å²) in [6, 6.07) is 2.25. The summed E-state index contributed by atoms with van der Waals surface area (Å²) in [5.74, 6) is -7.98. The maximum Gasteiger partial charge on any atom is 0.255 e. The third kappa shape index (κ3) is 4.68. The van der Waals surface area contributed by atoms with E-state index >= 15 is 0 Å². The molecule has 1 aromatic rings. The lowest BCUT2D eigenvalue weighted by Gasteiger charge is -2.53. The molecule has 0 unspecified atom stereocenters. The predicted molar refractivity (Wildman–Crippen MR) is 164 cm³/mol. The molecule has 0 aromatic heterocycles. The number of primary amides is 1. The van der Waals surface area contributed by atoms with Crippen molar-refractivity contribution in [3.8, 4) is 5.75 Å². The second-order valence-corrected chi connectivity index (χ2v) is 14.3. The van der Waals surface area contributed by atoms with Crippen molar-refractivity contribution >= 4 is 23.2 Å². The number of nitrogens with two attached hydrogens (primary N) is 1. The summed E-state index contributed by atoms with van der Waals surface area (Å²) < 4.78 is 0. The first-order valence-electron chi connectivity index (χ1n) is 15.8. The highest BCUT2D eigenvalue weighted by Crippen LogP contribution is 2.57. The van der Waals surface area contributed by atoms with Crippen LogP contribution in [0.2, 0.25) is 0 Å². The van der Waals surface area contributed by atoms with Crippen molar-refractivity contribution in [3.63, 3.8) is 0 Å². The molecule has 0 bridgehead atoms. The molecule has 10 nitrogen and oxygen atoms in total. The Bertz CT molecular complexity index is 1450. The summed E-state index contributed by atoms with van der Waals surface area (Å²) in [4.78, 5) is 41.1. The van der Waals surface area contributed by atoms with Crippen molar-refractivity contribution in [3.05, 3.63) is 45.7 Å². The molecule has 0 aliphatic heterocycles. The lowest BCUT2D eigenvalue weighted by Crippen LogP contribution is -2.70. The molecule has 2 saturated carbocycles. The molecule has 5 rings (SSSR count). The van der Waals surface area contributed by atoms with Gasteiger partial charge in [-0.15, -0.1) is 0 Å². The Hall–Kier alpha value is -3.21. The lowest BCUT2D eigenvalue weighted by molar-refractivity contribution is -0.169. The highest BCUT2D eigenvalue weighted by molar-refractivity contribution is 6.24. The van der Waals surface area contributed by atoms with E-state index < -0.39 is 75.5 Å². The number of carbonyl (C=O) groups is 3. The second-order valence-electron chi connectivity index (χ2n) is 14.3. The van der Waals surface area contributed by atoms with E-state index in [0.717, 1.165) is 25.2 Å². The minimum atomic E-state index is -2.92. The van der Waals surface area contributed by atoms with E-state index in [4.69, 9.17) is 5.73 Å². The van der Waals surface area contributed by atoms with Crippen LogP contribution in [0.4, 0.5) is 0 Å². The fourth-order valence-electron chi connectivity index (χ4n) is 8.61. The van der Waals surface area contributed by atoms with Gasteiger partial charge in [0, 0.05) is 17.1 Å². The van der Waals surface area contributed by atoms with Crippen LogP contribution in [0.15, 0.2) is 29.0 Å². The summed E-state index contributed by atoms with van der Waals surface area (Å²) in [6.45, 7) is 5.81. The number of phenols is 1. The molecule has 240 valence electrons. The van der Waals surface area contributed by atoms with E-state index in [2.05, 4.69) is 0 Å². The van der Waals surface area contributed by atoms with Crippen molar-refractivity contribution < 1.29 is 39.9 Å². The second kappa shape index (κ2) is 11.3. The van der Waals surface area contributed by atoms with Crippen LogP contribution < -0.4 is 5.73 Å². The molecule has 6 atom stereocenters. The van der Waals surface area contributed by atoms with Gasteiger partial charge in [-0.25, -0.2) is 0 Å². The standard InChI is InChI=1S/C34H46N2O8/c1-16-18-13-14-19(33(2,3)15-9-12-17-10-7-6-8-11-17)26(37)21(18)27(38)22-20(16)28(39)24-25(36(4)5)29(40)23(32(35)43)31(42)34(24,44)30(22)41/h13-14,16-17,20,24-25,28,37-39,42,44H,6-12,15H2,1-5H3,(H2,35,43)/t16-,20+,24+,25-,28-,34-/m1/s1. The largest absolute Gasteiger partial charge is 0.508 e. The van der Waals surface area contributed by atoms with Crippen molar-refractivity contribution in [1.29, 1.82) is 0 Å². The number of nitrogens with zero attached hydrogens (tertiary/aromatic N) is 1. The molecule has 4 aliphatic rings. The van der Waals surface area contributed by atoms with Crippen molar-refractivity contribution in [1.82, 2.24) is 4.90 Å². The van der Waals surface area contributed by atoms with Crippen LogP contribution in [0, 0.1) is 17.8 Å². The van der Waals surface area contributed by atoms with Gasteiger partial charge in [0.1, 0.15) is 22.8 Å². The molecular weight excluding hydrogens is 564 g/mol. The van der Waals surface area contributed by atoms with Gasteiger partial charge in [0.2, 0.25) is 5.78 Å². The number of benzene rings is 1. The van der Waals surface area contributed by atoms with Crippen LogP contribution in [0.3, 0.4) is 0 Å². The van der Waals surface area contributed by atoms with Crippen LogP contribution >= 0.6 is 0 Å². The van der Waals surface area contributed by atoms with Crippen LogP contribution in [-0.4, -0.2) is 79.7 Å². The number of carbonyl (C=O) groups excluding carboxylic acids is 3. The molecule has 1 amide bonds. The molecule has 7 N–H and O–H groups in total. The van der Waals surface area contributed by atoms with Crippen molar-refractivity contribution in [2.24, 2.45) is 23.5 Å². The zero-order valence-electron chi connectivity index (χ0n) is 26.3. The predicted octanol–water partition coefficient (Wildman–Crippen LogP) is 3.52. The van der Waals surface area contributed by atoms with E-state index in [1.807, 2.05) is 19.9 Å². The number of phenolic OH excluding ortho intramolecular Hbond substituents is 1. The van der Waals surface area contributed by atoms with E-state index in [-0.39, 0.29) is 16.9 Å². The third-order valence-electron chi connectivity index (χ3n) is 11.0. The average Bonchev–Trinajstić information content (AvgIpc) is 2.95. The van der Waals surface area contributed by atoms with Crippen molar-refractivity contribution in [2.75, 3.05) is 14.1 Å². The van der Waals surface area contributed by atoms with E-state index in [0.29, 0.717) is 11.1 Å². The minimum absolute atomic E-state index is 0.0406. The highest BCUT2D eigenvalue weighted by atomic mass is 16.4. The van der Waals surface area contributed by atoms with Gasteiger partial charge >= 0.3 is 0 Å². The van der Waals surface area contributed by atoms with Gasteiger partial charge in [-0.05, 0) is 43.3 Å². The van der Waals surface area contributed by atoms with E-state index in [1.54, 1.807) is 13.0 Å². The summed E-state index contributed by atoms with van der Waals surface area (Å²) in [6.07, 6.45) is 7.67. The van der Waals surface area contributed by atoms with Gasteiger partial charge in [0.05, 0.1) is 23.6 Å². The van der Waals surface area contributed by atoms with Gasteiger partial charge in [0.25, 0.3) is 5.91 Å². The number of aliphatic hydroxyl groups is 4. The molecule has 1 aromatic carbocycles. The van der Waals surface area contributed by atoms with E-state index in [9.17, 15) is 39.9 Å². The Balaban J connectivity index is 1.59. The van der Waals surface area contributed by atoms with Crippen LogP contribution in [0.1, 0.15) is 94.7 Å². The van der Waals surface area contributed by atoms with Gasteiger partial charge in [0.15, 0.2) is 11.4 Å². The Morgan fingerprint density at radius 2 is 1.73 bits per heavy atom. The lowest BCUT2D eigenvalue weighted by atomic mass is 9.54. The normalized spacial score (nSPS) is 31.2. The minimum Gasteiger partial charge on any atom is -0.508 e. The zero-order valence-corrected chi connectivity index (χ0v) is 26.3. The average molecular weight is 611 g/mol. The zero-order chi connectivity index (χ0) is 32.5. The van der Waals surface area contributed by atoms with Crippen molar-refractivity contribution in [2.45, 2.75) is 101 Å². The number of likely N-dealkylation sites (N-methyl/N-ethyl adjacent to an activating group) is 1. The summed E-state index contributed by atoms with van der Waals surface area (Å²) >= 11 is 0. The molecule has 0 spiro atoms. The molecule has 4 aliphatic carbocycles. The number of ketones is 2. The first-order valence-corrected chi connectivity index (χ1v) is 15.8. The summed E-state index contributed by atoms with van der Waals surface area (Å²) in [5, 5.41) is 58.1. The topological polar surface area (TPSA) is 182 Å². The first-order chi connectivity index (χ1) is 20.6. The fraction of sp³-hybridized carbons (Fsp3) is 0.618. The van der Waals surface area contributed by atoms with Crippen LogP contribution in [0.25, 0.3) is 5.76 Å². The molecule has 10 heteroatoms. The highest BCUT2D eigenvalue weighted by Gasteiger charge is 2.68. The number of rotatable bonds is 7. The number of aliphatic hydroxyl groups excluding tert-OH is 3. The number of amides is 1. The number of hydrogen-bond donors (Lipinski definition) is 6. The smallest absolute Gasteiger partial charge is 0.255 e. The fourth-order valence-corrected chi connectivity index (χ4v) is 8.61. The number of Topliss-reactive ketones (excluding diaryl/α,β-unsaturated/α-hetero) is 2. The first kappa shape index (κ1) is 32.2. The van der Waals surface area contributed by atoms with E-state index in [1.165, 1.54) is 51.1 Å². The van der Waals surface area contributed by atoms with Gasteiger partial charge < -0.3 is 31.3 Å². The van der Waals surface area contributed by atoms with Gasteiger partial charge in [-0.3, -0.25) is 19.3 Å². The molecule has 0 heterocycles. The number of fused-ring (bicyclic) bond motifs is 3. The third-order valence-corrected chi connectivity index (χ3v) is 11.0. The maximum atomic E-state index is 14.2. The SMILES string of the molecule is C[C@@H]1c2ccc(C(C)(C)CCCC3CCCCC3)c(O)c2C(O)=C2C(=O)[C@@]3(O)C(O)=C(C(N)=O)C(=O)[C@H](N(C)C)[C@H]3[C@H](O)[C@H]21. The quantitative estimate of drug-likeness (QED) is 0.252. The summed E-state index contributed by atoms with van der Waals surface area (Å²) in [7, 11) is 2.97. The van der Waals surface area contributed by atoms with Gasteiger partial charge in [-0.1, -0.05) is 77.8 Å².